The van der Waals surface area contributed by atoms with Crippen molar-refractivity contribution in [3.63, 3.8) is 0 Å². The fraction of sp³-hybridized carbons (Fsp3) is 0.500. The van der Waals surface area contributed by atoms with Gasteiger partial charge in [0.25, 0.3) is 0 Å². The Morgan fingerprint density at radius 2 is 2.24 bits per heavy atom. The Kier molecular flexibility index (Phi) is 3.15. The van der Waals surface area contributed by atoms with E-state index >= 15 is 0 Å². The quantitative estimate of drug-likeness (QED) is 0.915. The molecule has 0 amide bonds. The van der Waals surface area contributed by atoms with E-state index in [1.54, 1.807) is 0 Å². The van der Waals surface area contributed by atoms with Gasteiger partial charge in [-0.3, -0.25) is 0 Å². The van der Waals surface area contributed by atoms with Crippen LogP contribution in [-0.4, -0.2) is 17.2 Å². The Morgan fingerprint density at radius 1 is 1.33 bits per heavy atom. The molecule has 1 atom stereocenters. The van der Waals surface area contributed by atoms with Crippen LogP contribution in [0.3, 0.4) is 0 Å². The largest absolute Gasteiger partial charge is 0.485 e. The summed E-state index contributed by atoms with van der Waals surface area (Å²) in [6.45, 7) is 0.366. The van der Waals surface area contributed by atoms with Crippen molar-refractivity contribution in [2.75, 3.05) is 7.05 Å². The first-order valence-corrected chi connectivity index (χ1v) is 7.59. The molecule has 2 aliphatic rings. The smallest absolute Gasteiger partial charge is 0.229 e. The molecular formula is C16H19N3O2. The monoisotopic (exact) mass is 285 g/mol. The molecule has 1 aromatic heterocycles. The van der Waals surface area contributed by atoms with Crippen molar-refractivity contribution in [1.82, 2.24) is 15.5 Å². The highest BCUT2D eigenvalue weighted by atomic mass is 16.5. The van der Waals surface area contributed by atoms with Gasteiger partial charge in [0.2, 0.25) is 11.7 Å². The molecule has 2 aliphatic carbocycles. The molecule has 0 spiro atoms. The molecule has 1 saturated carbocycles. The van der Waals surface area contributed by atoms with Gasteiger partial charge >= 0.3 is 0 Å². The van der Waals surface area contributed by atoms with Crippen molar-refractivity contribution in [1.29, 1.82) is 0 Å². The van der Waals surface area contributed by atoms with Crippen molar-refractivity contribution >= 4 is 0 Å². The lowest BCUT2D eigenvalue weighted by Crippen LogP contribution is -2.12. The zero-order chi connectivity index (χ0) is 14.2. The number of aromatic nitrogens is 2. The molecule has 2 aromatic rings. The number of nitrogens with one attached hydrogen (secondary N) is 1. The van der Waals surface area contributed by atoms with Gasteiger partial charge in [0, 0.05) is 12.0 Å². The van der Waals surface area contributed by atoms with E-state index in [4.69, 9.17) is 9.26 Å². The highest BCUT2D eigenvalue weighted by molar-refractivity contribution is 5.40. The minimum absolute atomic E-state index is 0.366. The number of rotatable bonds is 5. The molecule has 1 aromatic carbocycles. The van der Waals surface area contributed by atoms with Gasteiger partial charge in [-0.25, -0.2) is 0 Å². The second-order valence-electron chi connectivity index (χ2n) is 5.85. The van der Waals surface area contributed by atoms with Gasteiger partial charge in [0.05, 0.1) is 0 Å². The molecule has 1 N–H and O–H groups in total. The zero-order valence-corrected chi connectivity index (χ0v) is 12.1. The fourth-order valence-corrected chi connectivity index (χ4v) is 2.95. The molecule has 5 nitrogen and oxygen atoms in total. The van der Waals surface area contributed by atoms with Crippen LogP contribution in [0.25, 0.3) is 0 Å². The number of nitrogens with zero attached hydrogens (tertiary/aromatic N) is 2. The number of hydrogen-bond acceptors (Lipinski definition) is 5. The van der Waals surface area contributed by atoms with Crippen LogP contribution < -0.4 is 10.1 Å². The summed E-state index contributed by atoms with van der Waals surface area (Å²) in [6, 6.07) is 6.79. The SMILES string of the molecule is CNC1CCc2cc(OCc3noc(C4CC4)n3)ccc21. The van der Waals surface area contributed by atoms with Crippen LogP contribution in [0.1, 0.15) is 54.1 Å². The number of ether oxygens (including phenoxy) is 1. The first-order valence-electron chi connectivity index (χ1n) is 7.59. The Labute approximate surface area is 123 Å². The number of aryl methyl sites for hydroxylation is 1. The van der Waals surface area contributed by atoms with E-state index in [2.05, 4.69) is 27.6 Å². The maximum absolute atomic E-state index is 5.79. The lowest BCUT2D eigenvalue weighted by molar-refractivity contribution is 0.285. The third kappa shape index (κ3) is 2.53. The van der Waals surface area contributed by atoms with Crippen molar-refractivity contribution in [3.05, 3.63) is 41.0 Å². The second kappa shape index (κ2) is 5.15. The Balaban J connectivity index is 1.42. The third-order valence-corrected chi connectivity index (χ3v) is 4.32. The van der Waals surface area contributed by atoms with Crippen LogP contribution in [0.4, 0.5) is 0 Å². The van der Waals surface area contributed by atoms with Crippen LogP contribution in [-0.2, 0) is 13.0 Å². The van der Waals surface area contributed by atoms with E-state index < -0.39 is 0 Å². The van der Waals surface area contributed by atoms with Crippen LogP contribution in [0.5, 0.6) is 5.75 Å². The molecule has 0 aliphatic heterocycles. The van der Waals surface area contributed by atoms with Crippen LogP contribution in [0, 0.1) is 0 Å². The fourth-order valence-electron chi connectivity index (χ4n) is 2.95. The topological polar surface area (TPSA) is 60.2 Å². The zero-order valence-electron chi connectivity index (χ0n) is 12.1. The molecule has 1 unspecified atom stereocenters. The average molecular weight is 285 g/mol. The summed E-state index contributed by atoms with van der Waals surface area (Å²) < 4.78 is 11.0. The Morgan fingerprint density at radius 3 is 3.05 bits per heavy atom. The normalized spacial score (nSPS) is 20.5. The molecule has 5 heteroatoms. The first-order chi connectivity index (χ1) is 10.3. The maximum atomic E-state index is 5.79. The van der Waals surface area contributed by atoms with Gasteiger partial charge in [0.1, 0.15) is 5.75 Å². The highest BCUT2D eigenvalue weighted by Crippen LogP contribution is 2.39. The van der Waals surface area contributed by atoms with Crippen LogP contribution in [0.2, 0.25) is 0 Å². The molecule has 0 bridgehead atoms. The molecule has 110 valence electrons. The first kappa shape index (κ1) is 12.8. The second-order valence-corrected chi connectivity index (χ2v) is 5.85. The van der Waals surface area contributed by atoms with E-state index in [0.29, 0.717) is 24.4 Å². The van der Waals surface area contributed by atoms with Gasteiger partial charge in [-0.2, -0.15) is 4.98 Å². The summed E-state index contributed by atoms with van der Waals surface area (Å²) in [4.78, 5) is 4.37. The van der Waals surface area contributed by atoms with Crippen molar-refractivity contribution in [3.8, 4) is 5.75 Å². The number of fused-ring (bicyclic) bond motifs is 1. The molecule has 4 rings (SSSR count). The summed E-state index contributed by atoms with van der Waals surface area (Å²) >= 11 is 0. The predicted molar refractivity (Wildman–Crippen MR) is 77.2 cm³/mol. The molecule has 0 saturated heterocycles. The minimum atomic E-state index is 0.366. The Bertz CT molecular complexity index is 649. The summed E-state index contributed by atoms with van der Waals surface area (Å²) in [7, 11) is 2.01. The van der Waals surface area contributed by atoms with E-state index in [1.165, 1.54) is 24.0 Å². The third-order valence-electron chi connectivity index (χ3n) is 4.32. The number of benzene rings is 1. The molecule has 1 heterocycles. The summed E-state index contributed by atoms with van der Waals surface area (Å²) in [5.41, 5.74) is 2.76. The molecule has 1 fully saturated rings. The lowest BCUT2D eigenvalue weighted by atomic mass is 10.1. The summed E-state index contributed by atoms with van der Waals surface area (Å²) in [6.07, 6.45) is 4.59. The molecule has 0 radical (unpaired) electrons. The van der Waals surface area contributed by atoms with Crippen molar-refractivity contribution in [2.45, 2.75) is 44.2 Å². The summed E-state index contributed by atoms with van der Waals surface area (Å²) in [5, 5.41) is 7.31. The van der Waals surface area contributed by atoms with Gasteiger partial charge in [0.15, 0.2) is 6.61 Å². The van der Waals surface area contributed by atoms with E-state index in [9.17, 15) is 0 Å². The van der Waals surface area contributed by atoms with Gasteiger partial charge in [-0.1, -0.05) is 11.2 Å². The van der Waals surface area contributed by atoms with Crippen molar-refractivity contribution in [2.24, 2.45) is 0 Å². The highest BCUT2D eigenvalue weighted by Gasteiger charge is 2.29. The predicted octanol–water partition coefficient (Wildman–Crippen LogP) is 2.73. The summed E-state index contributed by atoms with van der Waals surface area (Å²) in [5.74, 6) is 2.76. The average Bonchev–Trinajstić information content (AvgIpc) is 3.12. The van der Waals surface area contributed by atoms with E-state index in [1.807, 2.05) is 13.1 Å². The van der Waals surface area contributed by atoms with Crippen LogP contribution in [0.15, 0.2) is 22.7 Å². The van der Waals surface area contributed by atoms with Crippen LogP contribution >= 0.6 is 0 Å². The van der Waals surface area contributed by atoms with Gasteiger partial charge in [-0.05, 0) is 56.0 Å². The lowest BCUT2D eigenvalue weighted by Gasteiger charge is -2.10. The molecule has 21 heavy (non-hydrogen) atoms. The minimum Gasteiger partial charge on any atom is -0.485 e. The Hall–Kier alpha value is -1.88. The maximum Gasteiger partial charge on any atom is 0.229 e. The number of hydrogen-bond donors (Lipinski definition) is 1. The molecular weight excluding hydrogens is 266 g/mol. The van der Waals surface area contributed by atoms with E-state index in [-0.39, 0.29) is 0 Å². The van der Waals surface area contributed by atoms with Crippen molar-refractivity contribution < 1.29 is 9.26 Å². The van der Waals surface area contributed by atoms with Gasteiger partial charge < -0.3 is 14.6 Å². The van der Waals surface area contributed by atoms with Gasteiger partial charge in [-0.15, -0.1) is 0 Å². The van der Waals surface area contributed by atoms with E-state index in [0.717, 1.165) is 24.5 Å². The standard InChI is InChI=1S/C16H19N3O2/c1-17-14-7-4-11-8-12(5-6-13(11)14)20-9-15-18-16(21-19-15)10-2-3-10/h5-6,8,10,14,17H,2-4,7,9H2,1H3.